The minimum Gasteiger partial charge on any atom is -0.312 e. The SMILES string of the molecule is CC1(CNCc2cncnc2)CCCC1. The molecule has 0 saturated heterocycles. The highest BCUT2D eigenvalue weighted by molar-refractivity contribution is 5.01. The van der Waals surface area contributed by atoms with Crippen molar-refractivity contribution in [3.8, 4) is 0 Å². The summed E-state index contributed by atoms with van der Waals surface area (Å²) in [6, 6.07) is 0. The first-order valence-electron chi connectivity index (χ1n) is 5.73. The summed E-state index contributed by atoms with van der Waals surface area (Å²) in [7, 11) is 0. The average Bonchev–Trinajstić information content (AvgIpc) is 2.67. The molecule has 1 N–H and O–H groups in total. The van der Waals surface area contributed by atoms with Gasteiger partial charge in [0.15, 0.2) is 0 Å². The molecule has 0 amide bonds. The van der Waals surface area contributed by atoms with Crippen LogP contribution in [-0.4, -0.2) is 16.5 Å². The van der Waals surface area contributed by atoms with Crippen LogP contribution >= 0.6 is 0 Å². The normalized spacial score (nSPS) is 19.3. The molecule has 1 aromatic rings. The lowest BCUT2D eigenvalue weighted by atomic mass is 9.89. The zero-order valence-corrected chi connectivity index (χ0v) is 9.37. The van der Waals surface area contributed by atoms with Gasteiger partial charge < -0.3 is 5.32 Å². The van der Waals surface area contributed by atoms with E-state index in [9.17, 15) is 0 Å². The Morgan fingerprint density at radius 3 is 2.60 bits per heavy atom. The molecule has 0 unspecified atom stereocenters. The summed E-state index contributed by atoms with van der Waals surface area (Å²) < 4.78 is 0. The van der Waals surface area contributed by atoms with Crippen molar-refractivity contribution in [2.45, 2.75) is 39.2 Å². The lowest BCUT2D eigenvalue weighted by molar-refractivity contribution is 0.314. The molecule has 1 aromatic heterocycles. The summed E-state index contributed by atoms with van der Waals surface area (Å²) in [5.74, 6) is 0. The van der Waals surface area contributed by atoms with Crippen LogP contribution in [0.15, 0.2) is 18.7 Å². The number of hydrogen-bond acceptors (Lipinski definition) is 3. The molecular formula is C12H19N3. The van der Waals surface area contributed by atoms with Gasteiger partial charge in [0.05, 0.1) is 0 Å². The van der Waals surface area contributed by atoms with Crippen LogP contribution in [0.1, 0.15) is 38.2 Å². The lowest BCUT2D eigenvalue weighted by Gasteiger charge is -2.23. The van der Waals surface area contributed by atoms with Gasteiger partial charge in [0, 0.05) is 31.0 Å². The zero-order chi connectivity index (χ0) is 10.6. The lowest BCUT2D eigenvalue weighted by Crippen LogP contribution is -2.29. The van der Waals surface area contributed by atoms with E-state index >= 15 is 0 Å². The highest BCUT2D eigenvalue weighted by Gasteiger charge is 2.27. The van der Waals surface area contributed by atoms with Crippen molar-refractivity contribution < 1.29 is 0 Å². The van der Waals surface area contributed by atoms with E-state index in [1.165, 1.54) is 31.2 Å². The molecular weight excluding hydrogens is 186 g/mol. The predicted molar refractivity (Wildman–Crippen MR) is 60.3 cm³/mol. The van der Waals surface area contributed by atoms with Crippen molar-refractivity contribution in [1.29, 1.82) is 0 Å². The van der Waals surface area contributed by atoms with Gasteiger partial charge in [-0.05, 0) is 18.3 Å². The minimum absolute atomic E-state index is 0.523. The van der Waals surface area contributed by atoms with Crippen molar-refractivity contribution in [2.24, 2.45) is 5.41 Å². The van der Waals surface area contributed by atoms with Crippen LogP contribution < -0.4 is 5.32 Å². The summed E-state index contributed by atoms with van der Waals surface area (Å²) in [5, 5.41) is 3.50. The third-order valence-corrected chi connectivity index (χ3v) is 3.31. The number of rotatable bonds is 4. The van der Waals surface area contributed by atoms with Gasteiger partial charge in [-0.2, -0.15) is 0 Å². The van der Waals surface area contributed by atoms with Gasteiger partial charge in [-0.15, -0.1) is 0 Å². The van der Waals surface area contributed by atoms with E-state index in [0.29, 0.717) is 5.41 Å². The van der Waals surface area contributed by atoms with E-state index in [-0.39, 0.29) is 0 Å². The maximum Gasteiger partial charge on any atom is 0.115 e. The maximum absolute atomic E-state index is 4.00. The second-order valence-electron chi connectivity index (χ2n) is 4.87. The number of aromatic nitrogens is 2. The van der Waals surface area contributed by atoms with Crippen LogP contribution in [0, 0.1) is 5.41 Å². The molecule has 0 aliphatic heterocycles. The van der Waals surface area contributed by atoms with Crippen LogP contribution in [0.4, 0.5) is 0 Å². The Hall–Kier alpha value is -0.960. The largest absolute Gasteiger partial charge is 0.312 e. The van der Waals surface area contributed by atoms with E-state index in [1.54, 1.807) is 6.33 Å². The third kappa shape index (κ3) is 2.99. The molecule has 2 rings (SSSR count). The number of nitrogens with zero attached hydrogens (tertiary/aromatic N) is 2. The molecule has 0 bridgehead atoms. The van der Waals surface area contributed by atoms with E-state index in [4.69, 9.17) is 0 Å². The Morgan fingerprint density at radius 1 is 1.27 bits per heavy atom. The molecule has 1 aliphatic carbocycles. The van der Waals surface area contributed by atoms with Gasteiger partial charge in [-0.1, -0.05) is 19.8 Å². The van der Waals surface area contributed by atoms with Crippen molar-refractivity contribution in [3.05, 3.63) is 24.3 Å². The van der Waals surface area contributed by atoms with Crippen LogP contribution in [-0.2, 0) is 6.54 Å². The highest BCUT2D eigenvalue weighted by atomic mass is 14.9. The van der Waals surface area contributed by atoms with Crippen LogP contribution in [0.2, 0.25) is 0 Å². The maximum atomic E-state index is 4.00. The summed E-state index contributed by atoms with van der Waals surface area (Å²) in [4.78, 5) is 8.00. The fourth-order valence-corrected chi connectivity index (χ4v) is 2.34. The first-order valence-corrected chi connectivity index (χ1v) is 5.73. The topological polar surface area (TPSA) is 37.8 Å². The second kappa shape index (κ2) is 4.71. The Kier molecular flexibility index (Phi) is 3.31. The van der Waals surface area contributed by atoms with Crippen LogP contribution in [0.5, 0.6) is 0 Å². The van der Waals surface area contributed by atoms with Crippen LogP contribution in [0.25, 0.3) is 0 Å². The molecule has 1 heterocycles. The molecule has 82 valence electrons. The third-order valence-electron chi connectivity index (χ3n) is 3.31. The molecule has 0 spiro atoms. The van der Waals surface area contributed by atoms with E-state index in [1.807, 2.05) is 12.4 Å². The van der Waals surface area contributed by atoms with Crippen molar-refractivity contribution >= 4 is 0 Å². The number of nitrogens with one attached hydrogen (secondary N) is 1. The molecule has 1 aliphatic rings. The molecule has 0 aromatic carbocycles. The van der Waals surface area contributed by atoms with Gasteiger partial charge >= 0.3 is 0 Å². The van der Waals surface area contributed by atoms with Gasteiger partial charge in [-0.3, -0.25) is 0 Å². The molecule has 0 atom stereocenters. The second-order valence-corrected chi connectivity index (χ2v) is 4.87. The Bertz CT molecular complexity index is 291. The molecule has 1 fully saturated rings. The average molecular weight is 205 g/mol. The summed E-state index contributed by atoms with van der Waals surface area (Å²) in [6.07, 6.45) is 10.8. The first-order chi connectivity index (χ1) is 7.29. The first kappa shape index (κ1) is 10.6. The Morgan fingerprint density at radius 2 is 1.93 bits per heavy atom. The quantitative estimate of drug-likeness (QED) is 0.818. The molecule has 15 heavy (non-hydrogen) atoms. The summed E-state index contributed by atoms with van der Waals surface area (Å²) in [6.45, 7) is 4.38. The minimum atomic E-state index is 0.523. The van der Waals surface area contributed by atoms with Crippen LogP contribution in [0.3, 0.4) is 0 Å². The Balaban J connectivity index is 1.75. The van der Waals surface area contributed by atoms with Gasteiger partial charge in [0.1, 0.15) is 6.33 Å². The zero-order valence-electron chi connectivity index (χ0n) is 9.37. The summed E-state index contributed by atoms with van der Waals surface area (Å²) >= 11 is 0. The number of hydrogen-bond donors (Lipinski definition) is 1. The smallest absolute Gasteiger partial charge is 0.115 e. The van der Waals surface area contributed by atoms with E-state index in [2.05, 4.69) is 22.2 Å². The van der Waals surface area contributed by atoms with Gasteiger partial charge in [0.2, 0.25) is 0 Å². The van der Waals surface area contributed by atoms with E-state index < -0.39 is 0 Å². The van der Waals surface area contributed by atoms with Gasteiger partial charge in [0.25, 0.3) is 0 Å². The fourth-order valence-electron chi connectivity index (χ4n) is 2.34. The van der Waals surface area contributed by atoms with Crippen molar-refractivity contribution in [1.82, 2.24) is 15.3 Å². The monoisotopic (exact) mass is 205 g/mol. The molecule has 3 nitrogen and oxygen atoms in total. The fraction of sp³-hybridized carbons (Fsp3) is 0.667. The standard InChI is InChI=1S/C12H19N3/c1-12(4-2-3-5-12)9-13-6-11-7-14-10-15-8-11/h7-8,10,13H,2-6,9H2,1H3. The van der Waals surface area contributed by atoms with E-state index in [0.717, 1.165) is 13.1 Å². The van der Waals surface area contributed by atoms with Crippen molar-refractivity contribution in [2.75, 3.05) is 6.54 Å². The van der Waals surface area contributed by atoms with Crippen molar-refractivity contribution in [3.63, 3.8) is 0 Å². The molecule has 1 saturated carbocycles. The summed E-state index contributed by atoms with van der Waals surface area (Å²) in [5.41, 5.74) is 1.69. The van der Waals surface area contributed by atoms with Gasteiger partial charge in [-0.25, -0.2) is 9.97 Å². The molecule has 0 radical (unpaired) electrons. The highest BCUT2D eigenvalue weighted by Crippen LogP contribution is 2.36. The predicted octanol–water partition coefficient (Wildman–Crippen LogP) is 2.15. The Labute approximate surface area is 91.3 Å². The molecule has 3 heteroatoms.